The number of sulfone groups is 1. The van der Waals surface area contributed by atoms with Gasteiger partial charge in [0, 0.05) is 17.4 Å². The van der Waals surface area contributed by atoms with Gasteiger partial charge < -0.3 is 9.15 Å². The maximum Gasteiger partial charge on any atom is 0.276 e. The highest BCUT2D eigenvalue weighted by Gasteiger charge is 2.19. The zero-order chi connectivity index (χ0) is 18.7. The van der Waals surface area contributed by atoms with Crippen molar-refractivity contribution in [3.63, 3.8) is 0 Å². The third-order valence-corrected chi connectivity index (χ3v) is 4.61. The molecule has 3 rings (SSSR count). The second-order valence-corrected chi connectivity index (χ2v) is 7.70. The minimum atomic E-state index is -3.76. The molecule has 0 saturated carbocycles. The molecule has 0 N–H and O–H groups in total. The van der Waals surface area contributed by atoms with E-state index in [1.54, 1.807) is 12.1 Å². The summed E-state index contributed by atoms with van der Waals surface area (Å²) in [4.78, 5) is 16.1. The van der Waals surface area contributed by atoms with E-state index in [9.17, 15) is 13.2 Å². The minimum absolute atomic E-state index is 0.0975. The van der Waals surface area contributed by atoms with Gasteiger partial charge >= 0.3 is 0 Å². The molecule has 7 heteroatoms. The first kappa shape index (κ1) is 17.9. The predicted molar refractivity (Wildman–Crippen MR) is 96.6 cm³/mol. The summed E-state index contributed by atoms with van der Waals surface area (Å²) >= 11 is 0. The van der Waals surface area contributed by atoms with Crippen molar-refractivity contribution in [1.82, 2.24) is 4.98 Å². The molecule has 1 heterocycles. The van der Waals surface area contributed by atoms with Gasteiger partial charge in [0.1, 0.15) is 23.8 Å². The van der Waals surface area contributed by atoms with Crippen LogP contribution >= 0.6 is 0 Å². The Balaban J connectivity index is 1.71. The summed E-state index contributed by atoms with van der Waals surface area (Å²) in [5, 5.41) is -0.916. The molecule has 1 atom stereocenters. The van der Waals surface area contributed by atoms with Gasteiger partial charge in [0.15, 0.2) is 0 Å². The molecule has 0 radical (unpaired) electrons. The van der Waals surface area contributed by atoms with Gasteiger partial charge in [-0.2, -0.15) is 0 Å². The van der Waals surface area contributed by atoms with E-state index in [0.717, 1.165) is 11.8 Å². The van der Waals surface area contributed by atoms with Crippen molar-refractivity contribution >= 4 is 15.0 Å². The third kappa shape index (κ3) is 4.00. The molecule has 1 unspecified atom stereocenters. The Morgan fingerprint density at radius 3 is 2.35 bits per heavy atom. The molecular formula is C19H17NO5S. The zero-order valence-corrected chi connectivity index (χ0v) is 15.1. The van der Waals surface area contributed by atoms with Crippen LogP contribution in [-0.2, 0) is 9.84 Å². The summed E-state index contributed by atoms with van der Waals surface area (Å²) in [7, 11) is -3.76. The number of benzene rings is 2. The normalized spacial score (nSPS) is 12.5. The van der Waals surface area contributed by atoms with Gasteiger partial charge in [-0.05, 0) is 43.3 Å². The Kier molecular flexibility index (Phi) is 4.90. The van der Waals surface area contributed by atoms with Crippen LogP contribution < -0.4 is 4.74 Å². The second kappa shape index (κ2) is 7.13. The van der Waals surface area contributed by atoms with E-state index in [1.165, 1.54) is 18.4 Å². The van der Waals surface area contributed by atoms with Crippen LogP contribution in [0.25, 0.3) is 11.5 Å². The van der Waals surface area contributed by atoms with Gasteiger partial charge in [0.05, 0.1) is 0 Å². The Morgan fingerprint density at radius 2 is 1.73 bits per heavy atom. The van der Waals surface area contributed by atoms with Crippen LogP contribution in [0, 0.1) is 0 Å². The molecule has 1 aromatic heterocycles. The Morgan fingerprint density at radius 1 is 1.08 bits per heavy atom. The van der Waals surface area contributed by atoms with Gasteiger partial charge in [0.25, 0.3) is 5.12 Å². The molecular weight excluding hydrogens is 354 g/mol. The number of ether oxygens (including phenoxy) is 1. The zero-order valence-electron chi connectivity index (χ0n) is 14.2. The van der Waals surface area contributed by atoms with Gasteiger partial charge in [-0.3, -0.25) is 4.79 Å². The van der Waals surface area contributed by atoms with Crippen LogP contribution in [0.5, 0.6) is 5.75 Å². The quantitative estimate of drug-likeness (QED) is 0.680. The SMILES string of the molecule is CC(Oc1ccc(C(=O)S(C)(=O)=O)cc1)c1coc(-c2ccccc2)n1. The first-order valence-corrected chi connectivity index (χ1v) is 9.75. The topological polar surface area (TPSA) is 86.5 Å². The average Bonchev–Trinajstić information content (AvgIpc) is 3.12. The molecule has 0 fully saturated rings. The minimum Gasteiger partial charge on any atom is -0.484 e. The first-order chi connectivity index (χ1) is 12.3. The van der Waals surface area contributed by atoms with Crippen LogP contribution in [0.4, 0.5) is 0 Å². The smallest absolute Gasteiger partial charge is 0.276 e. The molecule has 2 aromatic carbocycles. The van der Waals surface area contributed by atoms with Gasteiger partial charge in [-0.1, -0.05) is 18.2 Å². The fourth-order valence-electron chi connectivity index (χ4n) is 2.33. The summed E-state index contributed by atoms with van der Waals surface area (Å²) in [5.41, 5.74) is 1.59. The van der Waals surface area contributed by atoms with Crippen molar-refractivity contribution in [1.29, 1.82) is 0 Å². The number of nitrogens with zero attached hydrogens (tertiary/aromatic N) is 1. The Labute approximate surface area is 151 Å². The Bertz CT molecular complexity index is 1010. The van der Waals surface area contributed by atoms with Crippen LogP contribution in [0.2, 0.25) is 0 Å². The number of hydrogen-bond acceptors (Lipinski definition) is 6. The van der Waals surface area contributed by atoms with E-state index in [0.29, 0.717) is 17.3 Å². The van der Waals surface area contributed by atoms with Crippen LogP contribution in [0.3, 0.4) is 0 Å². The molecule has 3 aromatic rings. The summed E-state index contributed by atoms with van der Waals surface area (Å²) in [6.45, 7) is 1.82. The molecule has 0 spiro atoms. The summed E-state index contributed by atoms with van der Waals surface area (Å²) in [5.74, 6) is 0.997. The highest BCUT2D eigenvalue weighted by molar-refractivity contribution is 8.06. The van der Waals surface area contributed by atoms with Crippen LogP contribution in [0.15, 0.2) is 65.3 Å². The number of hydrogen-bond donors (Lipinski definition) is 0. The van der Waals surface area contributed by atoms with Crippen molar-refractivity contribution in [2.45, 2.75) is 13.0 Å². The monoisotopic (exact) mass is 371 g/mol. The number of oxazole rings is 1. The highest BCUT2D eigenvalue weighted by Crippen LogP contribution is 2.25. The molecule has 0 aliphatic rings. The largest absolute Gasteiger partial charge is 0.484 e. The van der Waals surface area contributed by atoms with E-state index >= 15 is 0 Å². The summed E-state index contributed by atoms with van der Waals surface area (Å²) in [6, 6.07) is 15.5. The molecule has 0 saturated heterocycles. The standard InChI is InChI=1S/C19H17NO5S/c1-13(17-12-24-18(20-17)14-6-4-3-5-7-14)25-16-10-8-15(9-11-16)19(21)26(2,22)23/h3-13H,1-2H3. The third-order valence-electron chi connectivity index (χ3n) is 3.70. The average molecular weight is 371 g/mol. The highest BCUT2D eigenvalue weighted by atomic mass is 32.2. The summed E-state index contributed by atoms with van der Waals surface area (Å²) in [6.07, 6.45) is 2.04. The molecule has 0 amide bonds. The molecule has 0 aliphatic carbocycles. The van der Waals surface area contributed by atoms with Gasteiger partial charge in [0.2, 0.25) is 15.7 Å². The lowest BCUT2D eigenvalue weighted by Gasteiger charge is -2.12. The number of rotatable bonds is 5. The Hall–Kier alpha value is -2.93. The van der Waals surface area contributed by atoms with Gasteiger partial charge in [-0.25, -0.2) is 13.4 Å². The van der Waals surface area contributed by atoms with E-state index in [2.05, 4.69) is 4.98 Å². The van der Waals surface area contributed by atoms with Crippen LogP contribution in [0.1, 0.15) is 29.1 Å². The van der Waals surface area contributed by atoms with Crippen molar-refractivity contribution < 1.29 is 22.4 Å². The van der Waals surface area contributed by atoms with E-state index in [-0.39, 0.29) is 11.7 Å². The number of aromatic nitrogens is 1. The van der Waals surface area contributed by atoms with E-state index in [1.807, 2.05) is 37.3 Å². The number of carbonyl (C=O) groups excluding carboxylic acids is 1. The summed E-state index contributed by atoms with van der Waals surface area (Å²) < 4.78 is 33.9. The second-order valence-electron chi connectivity index (χ2n) is 5.79. The molecule has 6 nitrogen and oxygen atoms in total. The van der Waals surface area contributed by atoms with Gasteiger partial charge in [-0.15, -0.1) is 0 Å². The lowest BCUT2D eigenvalue weighted by molar-refractivity contribution is 0.107. The molecule has 134 valence electrons. The maximum atomic E-state index is 11.7. The lowest BCUT2D eigenvalue weighted by atomic mass is 10.2. The number of carbonyl (C=O) groups is 1. The first-order valence-electron chi connectivity index (χ1n) is 7.86. The van der Waals surface area contributed by atoms with Crippen molar-refractivity contribution in [2.75, 3.05) is 6.26 Å². The molecule has 0 bridgehead atoms. The van der Waals surface area contributed by atoms with Crippen molar-refractivity contribution in [2.24, 2.45) is 0 Å². The fraction of sp³-hybridized carbons (Fsp3) is 0.158. The fourth-order valence-corrected chi connectivity index (χ4v) is 2.90. The predicted octanol–water partition coefficient (Wildman–Crippen LogP) is 3.67. The van der Waals surface area contributed by atoms with E-state index < -0.39 is 15.0 Å². The lowest BCUT2D eigenvalue weighted by Crippen LogP contribution is -2.12. The molecule has 26 heavy (non-hydrogen) atoms. The van der Waals surface area contributed by atoms with Crippen LogP contribution in [-0.4, -0.2) is 24.8 Å². The van der Waals surface area contributed by atoms with Crippen molar-refractivity contribution in [3.8, 4) is 17.2 Å². The van der Waals surface area contributed by atoms with E-state index in [4.69, 9.17) is 9.15 Å². The maximum absolute atomic E-state index is 11.7. The molecule has 0 aliphatic heterocycles. The van der Waals surface area contributed by atoms with Crippen molar-refractivity contribution in [3.05, 3.63) is 72.1 Å².